The minimum absolute atomic E-state index is 0.294. The summed E-state index contributed by atoms with van der Waals surface area (Å²) < 4.78 is 10.4. The topological polar surface area (TPSA) is 154 Å². The van der Waals surface area contributed by atoms with Crippen LogP contribution >= 0.6 is 11.6 Å². The Bertz CT molecular complexity index is 1520. The number of aromatic nitrogens is 4. The van der Waals surface area contributed by atoms with Gasteiger partial charge in [-0.25, -0.2) is 29.5 Å². The van der Waals surface area contributed by atoms with E-state index in [1.54, 1.807) is 55.1 Å². The van der Waals surface area contributed by atoms with Crippen molar-refractivity contribution in [1.29, 1.82) is 0 Å². The van der Waals surface area contributed by atoms with Crippen LogP contribution in [0.1, 0.15) is 64.1 Å². The van der Waals surface area contributed by atoms with E-state index in [1.165, 1.54) is 0 Å². The van der Waals surface area contributed by atoms with E-state index in [4.69, 9.17) is 26.8 Å². The average molecular weight is 636 g/mol. The van der Waals surface area contributed by atoms with Crippen LogP contribution in [0.15, 0.2) is 73.3 Å². The molecule has 2 aromatic heterocycles. The van der Waals surface area contributed by atoms with Crippen molar-refractivity contribution in [1.82, 2.24) is 19.9 Å². The number of nitrogens with one attached hydrogen (secondary N) is 2. The van der Waals surface area contributed by atoms with Gasteiger partial charge >= 0.3 is 12.2 Å². The molecule has 0 atom stereocenters. The molecule has 4 N–H and O–H groups in total. The molecule has 2 amide bonds. The zero-order chi connectivity index (χ0) is 33.6. The van der Waals surface area contributed by atoms with Crippen LogP contribution in [0.3, 0.4) is 0 Å². The highest BCUT2D eigenvalue weighted by Gasteiger charge is 2.17. The number of nitrogens with two attached hydrogens (primary N) is 1. The molecular formula is C33H42ClN7O4. The lowest BCUT2D eigenvalue weighted by Crippen LogP contribution is -2.27. The summed E-state index contributed by atoms with van der Waals surface area (Å²) in [5, 5.41) is 5.68. The molecule has 12 heteroatoms. The average Bonchev–Trinajstić information content (AvgIpc) is 2.92. The largest absolute Gasteiger partial charge is 0.444 e. The Hall–Kier alpha value is -4.77. The fraction of sp³-hybridized carbons (Fsp3) is 0.333. The van der Waals surface area contributed by atoms with Crippen molar-refractivity contribution in [2.24, 2.45) is 0 Å². The van der Waals surface area contributed by atoms with Crippen LogP contribution in [0.5, 0.6) is 0 Å². The molecule has 0 bridgehead atoms. The van der Waals surface area contributed by atoms with Crippen molar-refractivity contribution < 1.29 is 19.1 Å². The van der Waals surface area contributed by atoms with Crippen molar-refractivity contribution in [3.8, 4) is 0 Å². The Morgan fingerprint density at radius 1 is 0.733 bits per heavy atom. The predicted octanol–water partition coefficient (Wildman–Crippen LogP) is 7.78. The molecule has 0 saturated heterocycles. The number of anilines is 3. The fourth-order valence-corrected chi connectivity index (χ4v) is 3.55. The highest BCUT2D eigenvalue weighted by molar-refractivity contribution is 6.28. The molecule has 0 aliphatic rings. The Morgan fingerprint density at radius 3 is 1.58 bits per heavy atom. The minimum Gasteiger partial charge on any atom is -0.444 e. The van der Waals surface area contributed by atoms with Gasteiger partial charge in [-0.3, -0.25) is 10.6 Å². The molecule has 240 valence electrons. The number of carbonyl (C=O) groups excluding carboxylic acids is 2. The molecule has 0 fully saturated rings. The van der Waals surface area contributed by atoms with Gasteiger partial charge in [0.15, 0.2) is 0 Å². The number of hydrogen-bond acceptors (Lipinski definition) is 9. The van der Waals surface area contributed by atoms with E-state index in [9.17, 15) is 9.59 Å². The maximum absolute atomic E-state index is 11.8. The van der Waals surface area contributed by atoms with Gasteiger partial charge in [-0.15, -0.1) is 0 Å². The summed E-state index contributed by atoms with van der Waals surface area (Å²) in [5.74, 6) is 0.776. The Balaban J connectivity index is 0.000000266. The first kappa shape index (κ1) is 36.4. The molecule has 0 aliphatic carbocycles. The van der Waals surface area contributed by atoms with Crippen LogP contribution in [0, 0.1) is 13.8 Å². The van der Waals surface area contributed by atoms with E-state index in [0.29, 0.717) is 28.8 Å². The first-order chi connectivity index (χ1) is 21.0. The predicted molar refractivity (Wildman–Crippen MR) is 178 cm³/mol. The summed E-state index contributed by atoms with van der Waals surface area (Å²) in [4.78, 5) is 38.9. The summed E-state index contributed by atoms with van der Waals surface area (Å²) in [7, 11) is 0. The van der Waals surface area contributed by atoms with Crippen molar-refractivity contribution >= 4 is 40.8 Å². The van der Waals surface area contributed by atoms with Gasteiger partial charge in [0.25, 0.3) is 0 Å². The van der Waals surface area contributed by atoms with Crippen molar-refractivity contribution in [3.05, 3.63) is 101 Å². The number of benzene rings is 2. The van der Waals surface area contributed by atoms with Crippen molar-refractivity contribution in [3.63, 3.8) is 0 Å². The maximum atomic E-state index is 11.8. The quantitative estimate of drug-likeness (QED) is 0.151. The number of nitrogen functional groups attached to an aromatic ring is 1. The summed E-state index contributed by atoms with van der Waals surface area (Å²) in [5.41, 5.74) is 9.89. The second-order valence-electron chi connectivity index (χ2n) is 11.8. The third-order valence-corrected chi connectivity index (χ3v) is 5.60. The zero-order valence-corrected chi connectivity index (χ0v) is 27.8. The zero-order valence-electron chi connectivity index (χ0n) is 27.0. The third kappa shape index (κ3) is 15.5. The number of carbonyl (C=O) groups is 2. The molecular weight excluding hydrogens is 594 g/mol. The number of amides is 2. The lowest BCUT2D eigenvalue weighted by Gasteiger charge is -2.20. The Kier molecular flexibility index (Phi) is 13.7. The summed E-state index contributed by atoms with van der Waals surface area (Å²) in [6, 6.07) is 14.6. The van der Waals surface area contributed by atoms with Crippen LogP contribution < -0.4 is 16.4 Å². The number of halogens is 1. The van der Waals surface area contributed by atoms with Gasteiger partial charge in [-0.1, -0.05) is 6.07 Å². The van der Waals surface area contributed by atoms with E-state index in [1.807, 2.05) is 73.6 Å². The highest BCUT2D eigenvalue weighted by atomic mass is 35.5. The van der Waals surface area contributed by atoms with Gasteiger partial charge in [0.1, 0.15) is 17.0 Å². The number of ether oxygens (including phenoxy) is 2. The van der Waals surface area contributed by atoms with Crippen LogP contribution in [-0.2, 0) is 15.9 Å². The smallest absolute Gasteiger partial charge is 0.412 e. The number of hydrogen-bond donors (Lipinski definition) is 3. The van der Waals surface area contributed by atoms with Crippen molar-refractivity contribution in [2.45, 2.75) is 73.0 Å². The maximum Gasteiger partial charge on any atom is 0.412 e. The van der Waals surface area contributed by atoms with E-state index < -0.39 is 23.4 Å². The number of rotatable bonds is 4. The molecule has 4 aromatic rings. The standard InChI is InChI=1S/C17H21N3O2.C12H18N2O2.C4H3ClN2/c1-12-10-14(20-16(21)22-17(2,3)4)7-6-13(12)11-15-18-8-5-9-19-15;1-8-7-9(5-6-10(8)13)14-11(15)16-12(2,3)4;5-4-6-2-1-3-7-4/h5-10H,11H2,1-4H3,(H,20,21);5-7H,13H2,1-4H3,(H,14,15);1-3H. The summed E-state index contributed by atoms with van der Waals surface area (Å²) >= 11 is 5.32. The second-order valence-corrected chi connectivity index (χ2v) is 12.2. The first-order valence-electron chi connectivity index (χ1n) is 14.1. The molecule has 11 nitrogen and oxygen atoms in total. The van der Waals surface area contributed by atoms with Gasteiger partial charge in [-0.2, -0.15) is 0 Å². The second kappa shape index (κ2) is 16.9. The van der Waals surface area contributed by atoms with Gasteiger partial charge in [-0.05, 0) is 126 Å². The van der Waals surface area contributed by atoms with Crippen molar-refractivity contribution in [2.75, 3.05) is 16.4 Å². The first-order valence-corrected chi connectivity index (χ1v) is 14.5. The highest BCUT2D eigenvalue weighted by Crippen LogP contribution is 2.19. The lowest BCUT2D eigenvalue weighted by molar-refractivity contribution is 0.0624. The van der Waals surface area contributed by atoms with E-state index in [0.717, 1.165) is 22.5 Å². The molecule has 2 aromatic carbocycles. The van der Waals surface area contributed by atoms with Crippen LogP contribution in [-0.4, -0.2) is 43.3 Å². The van der Waals surface area contributed by atoms with Gasteiger partial charge in [0, 0.05) is 48.3 Å². The van der Waals surface area contributed by atoms with Gasteiger partial charge < -0.3 is 15.2 Å². The van der Waals surface area contributed by atoms with Crippen LogP contribution in [0.25, 0.3) is 0 Å². The minimum atomic E-state index is -0.510. The van der Waals surface area contributed by atoms with Crippen LogP contribution in [0.2, 0.25) is 5.28 Å². The van der Waals surface area contributed by atoms with E-state index in [2.05, 4.69) is 30.6 Å². The number of nitrogens with zero attached hydrogens (tertiary/aromatic N) is 4. The third-order valence-electron chi connectivity index (χ3n) is 5.41. The van der Waals surface area contributed by atoms with Crippen LogP contribution in [0.4, 0.5) is 26.7 Å². The fourth-order valence-electron chi connectivity index (χ4n) is 3.44. The molecule has 4 rings (SSSR count). The molecule has 0 unspecified atom stereocenters. The summed E-state index contributed by atoms with van der Waals surface area (Å²) in [6.07, 6.45) is 6.40. The number of aryl methyl sites for hydroxylation is 2. The molecule has 45 heavy (non-hydrogen) atoms. The Labute approximate surface area is 270 Å². The Morgan fingerprint density at radius 2 is 1.18 bits per heavy atom. The molecule has 0 radical (unpaired) electrons. The monoisotopic (exact) mass is 635 g/mol. The lowest BCUT2D eigenvalue weighted by atomic mass is 10.0. The van der Waals surface area contributed by atoms with E-state index >= 15 is 0 Å². The molecule has 0 saturated carbocycles. The summed E-state index contributed by atoms with van der Waals surface area (Å²) in [6.45, 7) is 14.8. The SMILES string of the molecule is Cc1cc(NC(=O)OC(C)(C)C)ccc1Cc1ncccn1.Cc1cc(NC(=O)OC(C)(C)C)ccc1N.Clc1ncccn1. The van der Waals surface area contributed by atoms with Gasteiger partial charge in [0.2, 0.25) is 5.28 Å². The van der Waals surface area contributed by atoms with E-state index in [-0.39, 0.29) is 0 Å². The van der Waals surface area contributed by atoms with Gasteiger partial charge in [0.05, 0.1) is 0 Å². The molecule has 0 aliphatic heterocycles. The molecule has 2 heterocycles. The molecule has 0 spiro atoms. The normalized spacial score (nSPS) is 10.7.